The largest absolute Gasteiger partial charge is 0.461 e. The second-order valence-electron chi connectivity index (χ2n) is 11.4. The van der Waals surface area contributed by atoms with Crippen LogP contribution in [0.1, 0.15) is 51.8 Å². The lowest BCUT2D eigenvalue weighted by molar-refractivity contribution is -0.253. The number of nitrogens with one attached hydrogen (secondary N) is 3. The maximum atomic E-state index is 13.5. The molecule has 0 atom stereocenters. The molecule has 0 heterocycles. The number of amides is 5. The zero-order valence-corrected chi connectivity index (χ0v) is 29.3. The van der Waals surface area contributed by atoms with E-state index in [1.807, 2.05) is 32.2 Å². The Morgan fingerprint density at radius 3 is 1.79 bits per heavy atom. The molecule has 0 saturated carbocycles. The monoisotopic (exact) mass is 790 g/mol. The molecule has 0 fully saturated rings. The van der Waals surface area contributed by atoms with E-state index in [2.05, 4.69) is 10.2 Å². The predicted octanol–water partition coefficient (Wildman–Crippen LogP) is 9.40. The van der Waals surface area contributed by atoms with Crippen LogP contribution >= 0.6 is 34.8 Å². The van der Waals surface area contributed by atoms with Gasteiger partial charge in [-0.05, 0) is 81.4 Å². The number of halogens is 9. The van der Waals surface area contributed by atoms with Crippen molar-refractivity contribution in [1.29, 1.82) is 0 Å². The van der Waals surface area contributed by atoms with Crippen LogP contribution in [0.3, 0.4) is 0 Å². The van der Waals surface area contributed by atoms with Crippen LogP contribution < -0.4 is 20.8 Å². The summed E-state index contributed by atoms with van der Waals surface area (Å²) in [4.78, 5) is 48.7. The first-order chi connectivity index (χ1) is 24.2. The van der Waals surface area contributed by atoms with Crippen LogP contribution in [0.2, 0.25) is 15.1 Å². The highest BCUT2D eigenvalue weighted by molar-refractivity contribution is 6.37. The summed E-state index contributed by atoms with van der Waals surface area (Å²) in [7, 11) is 0. The lowest BCUT2D eigenvalue weighted by atomic mass is 10.1. The van der Waals surface area contributed by atoms with E-state index >= 15 is 0 Å². The van der Waals surface area contributed by atoms with E-state index in [-0.39, 0.29) is 17.5 Å². The van der Waals surface area contributed by atoms with Gasteiger partial charge >= 0.3 is 18.6 Å². The molecule has 4 aromatic rings. The number of hydrazine groups is 1. The second kappa shape index (κ2) is 17.5. The van der Waals surface area contributed by atoms with Crippen molar-refractivity contribution in [3.63, 3.8) is 0 Å². The SMILES string of the molecule is CC(C)(C)N(NC(=O)c1ccc(Cl)cc1)C(=O)c1ccccc1.O=C(NC(=O)c1c(F)cccc1F)Nc1cc(Cl)c(OC(F)(F)C(F)F)c(Cl)c1. The molecule has 4 aromatic carbocycles. The summed E-state index contributed by atoms with van der Waals surface area (Å²) < 4.78 is 81.3. The summed E-state index contributed by atoms with van der Waals surface area (Å²) in [5.74, 6) is -5.45. The standard InChI is InChI=1S/C18H19ClN2O2.C16H8Cl2F6N2O3/c1-18(2,3)21(17(23)14-7-5-4-6-8-14)20-16(22)13-9-11-15(19)12-10-13;17-7-4-6(5-8(18)12(7)29-16(23,24)14(21)22)25-15(28)26-13(27)11-9(19)2-1-3-10(11)20/h4-12H,1-3H3,(H,20,22);1-5,14H,(H2,25,26,27,28). The molecular formula is C34H27Cl3F6N4O5. The van der Waals surface area contributed by atoms with Crippen LogP contribution in [-0.2, 0) is 0 Å². The molecule has 0 aliphatic carbocycles. The van der Waals surface area contributed by atoms with E-state index in [9.17, 15) is 45.5 Å². The van der Waals surface area contributed by atoms with Crippen LogP contribution in [-0.4, -0.2) is 46.8 Å². The lowest BCUT2D eigenvalue weighted by Crippen LogP contribution is -2.55. The molecule has 0 bridgehead atoms. The third kappa shape index (κ3) is 11.3. The van der Waals surface area contributed by atoms with E-state index in [1.165, 1.54) is 5.01 Å². The van der Waals surface area contributed by atoms with E-state index in [0.717, 1.165) is 30.3 Å². The Hall–Kier alpha value is -4.99. The van der Waals surface area contributed by atoms with Crippen molar-refractivity contribution >= 4 is 64.2 Å². The van der Waals surface area contributed by atoms with Crippen molar-refractivity contribution in [1.82, 2.24) is 15.8 Å². The quantitative estimate of drug-likeness (QED) is 0.127. The van der Waals surface area contributed by atoms with Crippen molar-refractivity contribution in [2.24, 2.45) is 0 Å². The van der Waals surface area contributed by atoms with E-state index in [0.29, 0.717) is 16.1 Å². The molecular weight excluding hydrogens is 765 g/mol. The van der Waals surface area contributed by atoms with Crippen molar-refractivity contribution in [3.8, 4) is 5.75 Å². The number of alkyl halides is 4. The minimum Gasteiger partial charge on any atom is -0.425 e. The highest BCUT2D eigenvalue weighted by Gasteiger charge is 2.45. The van der Waals surface area contributed by atoms with Crippen LogP contribution in [0.15, 0.2) is 84.9 Å². The van der Waals surface area contributed by atoms with Crippen LogP contribution in [0.25, 0.3) is 0 Å². The van der Waals surface area contributed by atoms with Gasteiger partial charge in [0.1, 0.15) is 17.2 Å². The van der Waals surface area contributed by atoms with Gasteiger partial charge in [-0.2, -0.15) is 17.6 Å². The first-order valence-electron chi connectivity index (χ1n) is 14.6. The molecule has 0 unspecified atom stereocenters. The summed E-state index contributed by atoms with van der Waals surface area (Å²) in [6, 6.07) is 18.3. The Morgan fingerprint density at radius 1 is 0.750 bits per heavy atom. The molecule has 0 aliphatic heterocycles. The second-order valence-corrected chi connectivity index (χ2v) is 12.6. The molecule has 4 rings (SSSR count). The summed E-state index contributed by atoms with van der Waals surface area (Å²) >= 11 is 17.1. The maximum absolute atomic E-state index is 13.5. The third-order valence-corrected chi connectivity index (χ3v) is 7.19. The zero-order chi connectivity index (χ0) is 39.0. The van der Waals surface area contributed by atoms with Crippen LogP contribution in [0.4, 0.5) is 36.8 Å². The van der Waals surface area contributed by atoms with Crippen molar-refractivity contribution in [2.45, 2.75) is 38.8 Å². The van der Waals surface area contributed by atoms with Gasteiger partial charge in [0.05, 0.1) is 15.6 Å². The highest BCUT2D eigenvalue weighted by Crippen LogP contribution is 2.40. The van der Waals surface area contributed by atoms with Gasteiger partial charge in [0, 0.05) is 21.8 Å². The number of rotatable bonds is 7. The fourth-order valence-electron chi connectivity index (χ4n) is 3.95. The summed E-state index contributed by atoms with van der Waals surface area (Å²) in [6.45, 7) is 5.57. The molecule has 3 N–H and O–H groups in total. The van der Waals surface area contributed by atoms with Gasteiger partial charge < -0.3 is 10.1 Å². The fraction of sp³-hybridized carbons (Fsp3) is 0.176. The first kappa shape index (κ1) is 41.4. The van der Waals surface area contributed by atoms with Crippen molar-refractivity contribution in [3.05, 3.63) is 128 Å². The molecule has 0 radical (unpaired) electrons. The number of carbonyl (C=O) groups excluding carboxylic acids is 4. The number of urea groups is 1. The number of anilines is 1. The zero-order valence-electron chi connectivity index (χ0n) is 27.1. The van der Waals surface area contributed by atoms with Gasteiger partial charge in [0.2, 0.25) is 0 Å². The lowest BCUT2D eigenvalue weighted by Gasteiger charge is -2.35. The number of carbonyl (C=O) groups is 4. The Morgan fingerprint density at radius 2 is 1.29 bits per heavy atom. The Bertz CT molecular complexity index is 1890. The minimum absolute atomic E-state index is 0.264. The number of ether oxygens (including phenoxy) is 1. The third-order valence-electron chi connectivity index (χ3n) is 6.38. The van der Waals surface area contributed by atoms with Gasteiger partial charge in [-0.25, -0.2) is 18.6 Å². The average molecular weight is 792 g/mol. The number of nitrogens with zero attached hydrogens (tertiary/aromatic N) is 1. The average Bonchev–Trinajstić information content (AvgIpc) is 3.05. The number of hydrogen-bond donors (Lipinski definition) is 3. The molecule has 276 valence electrons. The number of hydrogen-bond acceptors (Lipinski definition) is 5. The van der Waals surface area contributed by atoms with Gasteiger partial charge in [-0.15, -0.1) is 0 Å². The van der Waals surface area contributed by atoms with E-state index in [4.69, 9.17) is 34.8 Å². The number of imide groups is 1. The van der Waals surface area contributed by atoms with Gasteiger partial charge in [0.25, 0.3) is 17.7 Å². The maximum Gasteiger partial charge on any atom is 0.461 e. The summed E-state index contributed by atoms with van der Waals surface area (Å²) in [5, 5.41) is 4.19. The molecule has 0 saturated heterocycles. The predicted molar refractivity (Wildman–Crippen MR) is 182 cm³/mol. The van der Waals surface area contributed by atoms with Crippen LogP contribution in [0, 0.1) is 11.6 Å². The molecule has 5 amide bonds. The summed E-state index contributed by atoms with van der Waals surface area (Å²) in [5.41, 5.74) is 1.78. The highest BCUT2D eigenvalue weighted by atomic mass is 35.5. The van der Waals surface area contributed by atoms with Gasteiger partial charge in [-0.3, -0.25) is 25.1 Å². The topological polar surface area (TPSA) is 117 Å². The Balaban J connectivity index is 0.000000288. The molecule has 9 nitrogen and oxygen atoms in total. The van der Waals surface area contributed by atoms with Crippen molar-refractivity contribution in [2.75, 3.05) is 5.32 Å². The first-order valence-corrected chi connectivity index (χ1v) is 15.7. The Kier molecular flexibility index (Phi) is 13.9. The van der Waals surface area contributed by atoms with Crippen molar-refractivity contribution < 1.29 is 50.3 Å². The fourth-order valence-corrected chi connectivity index (χ4v) is 4.64. The molecule has 52 heavy (non-hydrogen) atoms. The molecule has 0 spiro atoms. The molecule has 0 aromatic heterocycles. The van der Waals surface area contributed by atoms with Crippen LogP contribution in [0.5, 0.6) is 5.75 Å². The summed E-state index contributed by atoms with van der Waals surface area (Å²) in [6.07, 6.45) is -9.04. The number of benzene rings is 4. The minimum atomic E-state index is -4.88. The normalized spacial score (nSPS) is 11.2. The molecule has 0 aliphatic rings. The Labute approximate surface area is 307 Å². The molecule has 18 heteroatoms. The van der Waals surface area contributed by atoms with Gasteiger partial charge in [-0.1, -0.05) is 59.1 Å². The van der Waals surface area contributed by atoms with Gasteiger partial charge in [0.15, 0.2) is 5.75 Å². The van der Waals surface area contributed by atoms with E-state index in [1.54, 1.807) is 53.8 Å². The smallest absolute Gasteiger partial charge is 0.425 e. The van der Waals surface area contributed by atoms with E-state index < -0.39 is 63.0 Å².